The molecule has 3 N–H and O–H groups in total. The molecule has 2 unspecified atom stereocenters. The molecule has 0 aliphatic heterocycles. The van der Waals surface area contributed by atoms with E-state index in [0.29, 0.717) is 19.3 Å². The molecule has 0 aromatic rings. The fraction of sp³-hybridized carbons (Fsp3) is 0.660. The first-order chi connectivity index (χ1) is 27.8. The number of carbonyl (C=O) groups excluding carboxylic acids is 2. The van der Waals surface area contributed by atoms with Gasteiger partial charge in [-0.2, -0.15) is 0 Å². The van der Waals surface area contributed by atoms with Crippen molar-refractivity contribution in [1.82, 2.24) is 0 Å². The van der Waals surface area contributed by atoms with Crippen LogP contribution in [0.25, 0.3) is 0 Å². The number of unbranched alkanes of at least 4 members (excludes halogenated alkanes) is 17. The zero-order chi connectivity index (χ0) is 41.8. The first kappa shape index (κ1) is 54.2. The average molecular weight is 818 g/mol. The second-order valence-corrected chi connectivity index (χ2v) is 15.8. The minimum absolute atomic E-state index is 0.0362. The minimum Gasteiger partial charge on any atom is -0.462 e. The second-order valence-electron chi connectivity index (χ2n) is 14.3. The Morgan fingerprint density at radius 1 is 0.561 bits per heavy atom. The van der Waals surface area contributed by atoms with E-state index in [1.165, 1.54) is 83.5 Å². The van der Waals surface area contributed by atoms with Gasteiger partial charge in [0.1, 0.15) is 6.61 Å². The highest BCUT2D eigenvalue weighted by Gasteiger charge is 2.25. The molecule has 0 amide bonds. The predicted molar refractivity (Wildman–Crippen MR) is 238 cm³/mol. The van der Waals surface area contributed by atoms with Crippen LogP contribution >= 0.6 is 7.82 Å². The normalized spacial score (nSPS) is 14.1. The Hall–Kier alpha value is -2.81. The van der Waals surface area contributed by atoms with E-state index in [1.54, 1.807) is 0 Å². The van der Waals surface area contributed by atoms with E-state index in [4.69, 9.17) is 24.3 Å². The highest BCUT2D eigenvalue weighted by molar-refractivity contribution is 7.47. The molecule has 57 heavy (non-hydrogen) atoms. The molecule has 0 rings (SSSR count). The second kappa shape index (κ2) is 42.8. The van der Waals surface area contributed by atoms with Crippen LogP contribution in [0.5, 0.6) is 0 Å². The Kier molecular flexibility index (Phi) is 40.7. The molecule has 0 aromatic heterocycles. The largest absolute Gasteiger partial charge is 0.472 e. The lowest BCUT2D eigenvalue weighted by atomic mass is 10.1. The summed E-state index contributed by atoms with van der Waals surface area (Å²) < 4.78 is 32.6. The van der Waals surface area contributed by atoms with E-state index in [0.717, 1.165) is 38.5 Å². The standard InChI is InChI=1S/C47H80NO8P/c1-3-5-7-9-11-13-15-17-18-19-20-21-22-23-24-25-26-28-29-31-33-35-37-39-46(49)53-43-45(44-55-57(51,52)54-42-41-48)56-47(50)40-38-36-34-32-30-27-16-14-12-10-8-6-4-2/h6,8,10,12,14,16,20-21,23-24,27,30,32,34,45H,3-5,7,9,11,13,15,17-19,22,25-26,28-29,31,33,35-44,48H2,1-2H3,(H,51,52)/b8-6+,12-10+,16-14+,21-20+,24-23+,30-27+,34-32+. The summed E-state index contributed by atoms with van der Waals surface area (Å²) in [7, 11) is -4.40. The van der Waals surface area contributed by atoms with Gasteiger partial charge in [-0.05, 0) is 57.8 Å². The Balaban J connectivity index is 4.18. The van der Waals surface area contributed by atoms with E-state index in [1.807, 2.05) is 54.7 Å². The Morgan fingerprint density at radius 3 is 1.61 bits per heavy atom. The molecule has 0 heterocycles. The van der Waals surface area contributed by atoms with Crippen molar-refractivity contribution in [3.63, 3.8) is 0 Å². The van der Waals surface area contributed by atoms with E-state index in [-0.39, 0.29) is 32.6 Å². The molecule has 0 aliphatic carbocycles. The first-order valence-electron chi connectivity index (χ1n) is 22.1. The van der Waals surface area contributed by atoms with Gasteiger partial charge in [-0.1, -0.05) is 182 Å². The lowest BCUT2D eigenvalue weighted by Gasteiger charge is -2.19. The predicted octanol–water partition coefficient (Wildman–Crippen LogP) is 12.8. The molecule has 0 spiro atoms. The summed E-state index contributed by atoms with van der Waals surface area (Å²) in [6.07, 6.45) is 53.5. The maximum atomic E-state index is 12.5. The Bertz CT molecular complexity index is 1210. The number of allylic oxidation sites excluding steroid dienone is 14. The Labute approximate surface area is 347 Å². The molecule has 0 bridgehead atoms. The molecule has 0 aromatic carbocycles. The fourth-order valence-electron chi connectivity index (χ4n) is 5.64. The summed E-state index contributed by atoms with van der Waals surface area (Å²) in [6, 6.07) is 0. The van der Waals surface area contributed by atoms with Gasteiger partial charge >= 0.3 is 19.8 Å². The van der Waals surface area contributed by atoms with Crippen molar-refractivity contribution in [1.29, 1.82) is 0 Å². The third-order valence-corrected chi connectivity index (χ3v) is 9.88. The third-order valence-electron chi connectivity index (χ3n) is 8.89. The van der Waals surface area contributed by atoms with Crippen LogP contribution in [0.1, 0.15) is 168 Å². The molecule has 0 saturated carbocycles. The van der Waals surface area contributed by atoms with Crippen LogP contribution in [0.2, 0.25) is 0 Å². The highest BCUT2D eigenvalue weighted by Crippen LogP contribution is 2.43. The number of rotatable bonds is 40. The summed E-state index contributed by atoms with van der Waals surface area (Å²) in [6.45, 7) is 3.47. The molecular weight excluding hydrogens is 737 g/mol. The molecule has 0 radical (unpaired) electrons. The van der Waals surface area contributed by atoms with Crippen LogP contribution in [-0.2, 0) is 32.7 Å². The topological polar surface area (TPSA) is 134 Å². The quantitative estimate of drug-likeness (QED) is 0.0204. The van der Waals surface area contributed by atoms with Crippen LogP contribution in [0.4, 0.5) is 0 Å². The number of nitrogens with two attached hydrogens (primary N) is 1. The summed E-state index contributed by atoms with van der Waals surface area (Å²) in [5.41, 5.74) is 5.34. The maximum Gasteiger partial charge on any atom is 0.472 e. The first-order valence-corrected chi connectivity index (χ1v) is 23.6. The summed E-state index contributed by atoms with van der Waals surface area (Å²) in [5, 5.41) is 0. The van der Waals surface area contributed by atoms with Crippen molar-refractivity contribution in [2.75, 3.05) is 26.4 Å². The number of hydrogen-bond donors (Lipinski definition) is 2. The van der Waals surface area contributed by atoms with Crippen molar-refractivity contribution < 1.29 is 37.6 Å². The number of carbonyl (C=O) groups is 2. The van der Waals surface area contributed by atoms with Gasteiger partial charge in [-0.25, -0.2) is 4.57 Å². The lowest BCUT2D eigenvalue weighted by molar-refractivity contribution is -0.161. The molecule has 0 fully saturated rings. The zero-order valence-corrected chi connectivity index (χ0v) is 36.7. The van der Waals surface area contributed by atoms with E-state index in [9.17, 15) is 19.0 Å². The van der Waals surface area contributed by atoms with Crippen molar-refractivity contribution in [2.24, 2.45) is 5.73 Å². The van der Waals surface area contributed by atoms with E-state index < -0.39 is 32.5 Å². The van der Waals surface area contributed by atoms with Crippen molar-refractivity contribution in [2.45, 2.75) is 174 Å². The van der Waals surface area contributed by atoms with Crippen LogP contribution in [0.3, 0.4) is 0 Å². The molecule has 9 nitrogen and oxygen atoms in total. The molecule has 10 heteroatoms. The van der Waals surface area contributed by atoms with E-state index >= 15 is 0 Å². The van der Waals surface area contributed by atoms with Crippen LogP contribution in [0.15, 0.2) is 85.1 Å². The smallest absolute Gasteiger partial charge is 0.462 e. The van der Waals surface area contributed by atoms with Gasteiger partial charge in [-0.15, -0.1) is 0 Å². The number of esters is 2. The molecule has 326 valence electrons. The monoisotopic (exact) mass is 818 g/mol. The zero-order valence-electron chi connectivity index (χ0n) is 35.8. The highest BCUT2D eigenvalue weighted by atomic mass is 31.2. The van der Waals surface area contributed by atoms with Gasteiger partial charge in [0.25, 0.3) is 0 Å². The van der Waals surface area contributed by atoms with Crippen molar-refractivity contribution >= 4 is 19.8 Å². The summed E-state index contributed by atoms with van der Waals surface area (Å²) in [5.74, 6) is -0.931. The van der Waals surface area contributed by atoms with Gasteiger partial charge in [0, 0.05) is 19.4 Å². The Morgan fingerprint density at radius 2 is 1.05 bits per heavy atom. The van der Waals surface area contributed by atoms with Crippen molar-refractivity contribution in [3.8, 4) is 0 Å². The van der Waals surface area contributed by atoms with Gasteiger partial charge in [-0.3, -0.25) is 18.6 Å². The van der Waals surface area contributed by atoms with Crippen LogP contribution in [-0.4, -0.2) is 49.3 Å². The van der Waals surface area contributed by atoms with Gasteiger partial charge < -0.3 is 20.1 Å². The third kappa shape index (κ3) is 42.6. The number of phosphoric acid groups is 1. The number of phosphoric ester groups is 1. The minimum atomic E-state index is -4.40. The van der Waals surface area contributed by atoms with Crippen LogP contribution < -0.4 is 5.73 Å². The van der Waals surface area contributed by atoms with Crippen molar-refractivity contribution in [3.05, 3.63) is 85.1 Å². The van der Waals surface area contributed by atoms with Gasteiger partial charge in [0.05, 0.1) is 13.2 Å². The number of ether oxygens (including phenoxy) is 2. The lowest BCUT2D eigenvalue weighted by Crippen LogP contribution is -2.29. The number of hydrogen-bond acceptors (Lipinski definition) is 8. The van der Waals surface area contributed by atoms with Crippen LogP contribution in [0, 0.1) is 0 Å². The molecule has 0 aliphatic rings. The summed E-state index contributed by atoms with van der Waals surface area (Å²) in [4.78, 5) is 34.8. The van der Waals surface area contributed by atoms with Gasteiger partial charge in [0.15, 0.2) is 6.10 Å². The average Bonchev–Trinajstić information content (AvgIpc) is 3.20. The molecule has 2 atom stereocenters. The SMILES string of the molecule is CC/C=C/C=C/C=C/C=C/C=C/CCCC(=O)OC(COC(=O)CCCCCCCCC/C=C/C/C=C/CCCCCCCCCCC)COP(=O)(O)OCCN. The molecule has 0 saturated heterocycles. The maximum absolute atomic E-state index is 12.5. The van der Waals surface area contributed by atoms with Gasteiger partial charge in [0.2, 0.25) is 0 Å². The fourth-order valence-corrected chi connectivity index (χ4v) is 6.40. The molecular formula is C47H80NO8P. The van der Waals surface area contributed by atoms with E-state index in [2.05, 4.69) is 44.2 Å². The summed E-state index contributed by atoms with van der Waals surface area (Å²) >= 11 is 0.